The van der Waals surface area contributed by atoms with Gasteiger partial charge in [-0.05, 0) is 24.0 Å². The Morgan fingerprint density at radius 1 is 1.24 bits per heavy atom. The first-order valence-electron chi connectivity index (χ1n) is 7.64. The Morgan fingerprint density at radius 3 is 2.57 bits per heavy atom. The van der Waals surface area contributed by atoms with E-state index in [4.69, 9.17) is 9.47 Å². The fourth-order valence-electron chi connectivity index (χ4n) is 1.72. The maximum atomic E-state index is 12.1. The lowest BCUT2D eigenvalue weighted by atomic mass is 10.1. The average Bonchev–Trinajstić information content (AvgIpc) is 2.47. The van der Waals surface area contributed by atoms with Crippen molar-refractivity contribution in [3.8, 4) is 0 Å². The molecule has 1 aromatic carbocycles. The third kappa shape index (κ3) is 7.66. The summed E-state index contributed by atoms with van der Waals surface area (Å²) in [6, 6.07) is 9.76. The summed E-state index contributed by atoms with van der Waals surface area (Å²) in [7, 11) is 0. The minimum absolute atomic E-state index is 0.281. The van der Waals surface area contributed by atoms with Crippen molar-refractivity contribution in [2.45, 2.75) is 33.6 Å². The summed E-state index contributed by atoms with van der Waals surface area (Å²) in [5, 5.41) is 0. The van der Waals surface area contributed by atoms with E-state index in [0.717, 1.165) is 18.4 Å². The molecule has 3 heteroatoms. The van der Waals surface area contributed by atoms with Crippen LogP contribution in [0.3, 0.4) is 0 Å². The number of benzene rings is 1. The molecule has 0 aliphatic rings. The number of unbranched alkanes of at least 4 members (excludes halogenated alkanes) is 1. The summed E-state index contributed by atoms with van der Waals surface area (Å²) >= 11 is 0. The first kappa shape index (κ1) is 17.4. The first-order chi connectivity index (χ1) is 10.1. The number of hydrogen-bond acceptors (Lipinski definition) is 3. The predicted molar refractivity (Wildman–Crippen MR) is 85.9 cm³/mol. The van der Waals surface area contributed by atoms with Crippen LogP contribution in [-0.4, -0.2) is 25.8 Å². The second-order valence-corrected chi connectivity index (χ2v) is 5.48. The van der Waals surface area contributed by atoms with E-state index in [-0.39, 0.29) is 12.6 Å². The van der Waals surface area contributed by atoms with Gasteiger partial charge in [0.05, 0.1) is 18.8 Å². The monoisotopic (exact) mass is 290 g/mol. The molecular weight excluding hydrogens is 264 g/mol. The van der Waals surface area contributed by atoms with Crippen LogP contribution in [0.15, 0.2) is 35.9 Å². The Bertz CT molecular complexity index is 435. The van der Waals surface area contributed by atoms with Gasteiger partial charge in [-0.3, -0.25) is 0 Å². The smallest absolute Gasteiger partial charge is 0.336 e. The molecule has 0 aliphatic heterocycles. The third-order valence-corrected chi connectivity index (χ3v) is 2.84. The van der Waals surface area contributed by atoms with Gasteiger partial charge in [-0.15, -0.1) is 0 Å². The highest BCUT2D eigenvalue weighted by molar-refractivity contribution is 5.94. The largest absolute Gasteiger partial charge is 0.462 e. The molecule has 0 fully saturated rings. The van der Waals surface area contributed by atoms with E-state index >= 15 is 0 Å². The van der Waals surface area contributed by atoms with Gasteiger partial charge >= 0.3 is 5.97 Å². The highest BCUT2D eigenvalue weighted by Crippen LogP contribution is 2.10. The van der Waals surface area contributed by atoms with Gasteiger partial charge in [-0.25, -0.2) is 4.79 Å². The standard InChI is InChI=1S/C18H26O3/c1-4-5-11-21-18(19)17(14-20-13-15(2)3)12-16-9-7-6-8-10-16/h6-10,12,15H,4-5,11,13-14H2,1-3H3. The van der Waals surface area contributed by atoms with Crippen molar-refractivity contribution in [3.05, 3.63) is 41.5 Å². The van der Waals surface area contributed by atoms with Crippen LogP contribution in [0.25, 0.3) is 6.08 Å². The number of hydrogen-bond donors (Lipinski definition) is 0. The zero-order chi connectivity index (χ0) is 15.5. The van der Waals surface area contributed by atoms with E-state index in [9.17, 15) is 4.79 Å². The highest BCUT2D eigenvalue weighted by Gasteiger charge is 2.12. The van der Waals surface area contributed by atoms with Crippen molar-refractivity contribution >= 4 is 12.0 Å². The van der Waals surface area contributed by atoms with Crippen LogP contribution < -0.4 is 0 Å². The van der Waals surface area contributed by atoms with E-state index < -0.39 is 0 Å². The number of carbonyl (C=O) groups is 1. The summed E-state index contributed by atoms with van der Waals surface area (Å²) in [4.78, 5) is 12.1. The van der Waals surface area contributed by atoms with Crippen molar-refractivity contribution in [2.24, 2.45) is 5.92 Å². The number of esters is 1. The molecule has 116 valence electrons. The van der Waals surface area contributed by atoms with Crippen LogP contribution in [0.1, 0.15) is 39.2 Å². The molecule has 3 nitrogen and oxygen atoms in total. The molecule has 0 heterocycles. The van der Waals surface area contributed by atoms with Gasteiger partial charge in [0, 0.05) is 6.61 Å². The first-order valence-corrected chi connectivity index (χ1v) is 7.64. The highest BCUT2D eigenvalue weighted by atomic mass is 16.5. The van der Waals surface area contributed by atoms with Crippen LogP contribution in [0, 0.1) is 5.92 Å². The fourth-order valence-corrected chi connectivity index (χ4v) is 1.72. The molecule has 0 saturated carbocycles. The molecule has 0 amide bonds. The van der Waals surface area contributed by atoms with Crippen molar-refractivity contribution in [2.75, 3.05) is 19.8 Å². The second kappa shape index (κ2) is 10.2. The molecule has 0 aliphatic carbocycles. The minimum Gasteiger partial charge on any atom is -0.462 e. The summed E-state index contributed by atoms with van der Waals surface area (Å²) in [5.74, 6) is 0.162. The molecule has 0 bridgehead atoms. The van der Waals surface area contributed by atoms with Gasteiger partial charge < -0.3 is 9.47 Å². The molecule has 0 spiro atoms. The molecular formula is C18H26O3. The second-order valence-electron chi connectivity index (χ2n) is 5.48. The summed E-state index contributed by atoms with van der Waals surface area (Å²) in [6.07, 6.45) is 3.74. The number of ether oxygens (including phenoxy) is 2. The van der Waals surface area contributed by atoms with E-state index in [0.29, 0.717) is 24.7 Å². The SMILES string of the molecule is CCCCOC(=O)C(=Cc1ccccc1)COCC(C)C. The van der Waals surface area contributed by atoms with Crippen molar-refractivity contribution in [1.82, 2.24) is 0 Å². The lowest BCUT2D eigenvalue weighted by Crippen LogP contribution is -2.15. The van der Waals surface area contributed by atoms with Crippen LogP contribution >= 0.6 is 0 Å². The molecule has 0 aromatic heterocycles. The van der Waals surface area contributed by atoms with Crippen LogP contribution in [0.5, 0.6) is 0 Å². The average molecular weight is 290 g/mol. The summed E-state index contributed by atoms with van der Waals surface area (Å²) in [6.45, 7) is 7.62. The van der Waals surface area contributed by atoms with Crippen LogP contribution in [0.4, 0.5) is 0 Å². The van der Waals surface area contributed by atoms with Crippen molar-refractivity contribution in [1.29, 1.82) is 0 Å². The quantitative estimate of drug-likeness (QED) is 0.390. The van der Waals surface area contributed by atoms with Gasteiger partial charge in [0.1, 0.15) is 0 Å². The summed E-state index contributed by atoms with van der Waals surface area (Å²) in [5.41, 5.74) is 1.55. The molecule has 0 saturated heterocycles. The molecule has 1 aromatic rings. The number of carbonyl (C=O) groups excluding carboxylic acids is 1. The topological polar surface area (TPSA) is 35.5 Å². The predicted octanol–water partition coefficient (Wildman–Crippen LogP) is 4.09. The Balaban J connectivity index is 2.69. The van der Waals surface area contributed by atoms with E-state index in [1.807, 2.05) is 36.4 Å². The minimum atomic E-state index is -0.281. The van der Waals surface area contributed by atoms with E-state index in [1.165, 1.54) is 0 Å². The molecule has 0 unspecified atom stereocenters. The van der Waals surface area contributed by atoms with Crippen molar-refractivity contribution in [3.63, 3.8) is 0 Å². The number of rotatable bonds is 9. The molecule has 0 atom stereocenters. The van der Waals surface area contributed by atoms with Crippen LogP contribution in [0.2, 0.25) is 0 Å². The maximum Gasteiger partial charge on any atom is 0.336 e. The molecule has 0 N–H and O–H groups in total. The maximum absolute atomic E-state index is 12.1. The fraction of sp³-hybridized carbons (Fsp3) is 0.500. The third-order valence-electron chi connectivity index (χ3n) is 2.84. The Hall–Kier alpha value is -1.61. The van der Waals surface area contributed by atoms with Gasteiger partial charge in [0.2, 0.25) is 0 Å². The van der Waals surface area contributed by atoms with Gasteiger partial charge in [0.15, 0.2) is 0 Å². The van der Waals surface area contributed by atoms with Gasteiger partial charge in [-0.1, -0.05) is 57.5 Å². The lowest BCUT2D eigenvalue weighted by molar-refractivity contribution is -0.139. The Kier molecular flexibility index (Phi) is 8.44. The van der Waals surface area contributed by atoms with Gasteiger partial charge in [0.25, 0.3) is 0 Å². The Labute approximate surface area is 128 Å². The van der Waals surface area contributed by atoms with Gasteiger partial charge in [-0.2, -0.15) is 0 Å². The molecule has 1 rings (SSSR count). The Morgan fingerprint density at radius 2 is 1.95 bits per heavy atom. The molecule has 0 radical (unpaired) electrons. The zero-order valence-corrected chi connectivity index (χ0v) is 13.3. The van der Waals surface area contributed by atoms with E-state index in [2.05, 4.69) is 20.8 Å². The van der Waals surface area contributed by atoms with Crippen molar-refractivity contribution < 1.29 is 14.3 Å². The van der Waals surface area contributed by atoms with Crippen LogP contribution in [-0.2, 0) is 14.3 Å². The zero-order valence-electron chi connectivity index (χ0n) is 13.3. The van der Waals surface area contributed by atoms with E-state index in [1.54, 1.807) is 0 Å². The molecule has 21 heavy (non-hydrogen) atoms. The lowest BCUT2D eigenvalue weighted by Gasteiger charge is -2.10. The summed E-state index contributed by atoms with van der Waals surface area (Å²) < 4.78 is 10.9. The normalized spacial score (nSPS) is 11.7.